The molecule has 0 amide bonds. The summed E-state index contributed by atoms with van der Waals surface area (Å²) >= 11 is 9.81. The number of aryl methyl sites for hydroxylation is 1. The van der Waals surface area contributed by atoms with Gasteiger partial charge >= 0.3 is 0 Å². The summed E-state index contributed by atoms with van der Waals surface area (Å²) in [5.41, 5.74) is 2.06. The molecule has 1 heterocycles. The Morgan fingerprint density at radius 3 is 2.58 bits per heavy atom. The average Bonchev–Trinajstić information content (AvgIpc) is 2.70. The van der Waals surface area contributed by atoms with Crippen LogP contribution in [0.5, 0.6) is 0 Å². The first-order chi connectivity index (χ1) is 8.83. The summed E-state index contributed by atoms with van der Waals surface area (Å²) in [5.74, 6) is 0.973. The van der Waals surface area contributed by atoms with Crippen molar-refractivity contribution in [2.24, 2.45) is 0 Å². The number of hydrogen-bond acceptors (Lipinski definition) is 2. The fraction of sp³-hybridized carbons (Fsp3) is 0.467. The number of nitrogens with one attached hydrogen (secondary N) is 1. The van der Waals surface area contributed by atoms with Crippen molar-refractivity contribution < 1.29 is 4.42 Å². The van der Waals surface area contributed by atoms with Gasteiger partial charge in [-0.3, -0.25) is 0 Å². The molecule has 19 heavy (non-hydrogen) atoms. The minimum absolute atomic E-state index is 0.0605. The minimum Gasteiger partial charge on any atom is -0.458 e. The lowest BCUT2D eigenvalue weighted by Gasteiger charge is -2.19. The topological polar surface area (TPSA) is 25.2 Å². The lowest BCUT2D eigenvalue weighted by atomic mass is 10.1. The Balaban J connectivity index is 2.50. The van der Waals surface area contributed by atoms with Crippen LogP contribution in [-0.4, -0.2) is 5.54 Å². The molecule has 0 bridgehead atoms. The van der Waals surface area contributed by atoms with Gasteiger partial charge in [-0.05, 0) is 39.3 Å². The van der Waals surface area contributed by atoms with Crippen LogP contribution in [0.2, 0.25) is 5.02 Å². The van der Waals surface area contributed by atoms with Gasteiger partial charge in [-0.1, -0.05) is 34.5 Å². The average molecular weight is 345 g/mol. The molecule has 0 unspecified atom stereocenters. The second-order valence-corrected chi connectivity index (χ2v) is 6.96. The van der Waals surface area contributed by atoms with Crippen LogP contribution in [0.15, 0.2) is 21.0 Å². The van der Waals surface area contributed by atoms with Crippen molar-refractivity contribution in [3.8, 4) is 0 Å². The number of halogens is 2. The maximum atomic E-state index is 6.23. The van der Waals surface area contributed by atoms with Crippen molar-refractivity contribution in [1.29, 1.82) is 0 Å². The van der Waals surface area contributed by atoms with Crippen molar-refractivity contribution in [2.45, 2.75) is 46.2 Å². The summed E-state index contributed by atoms with van der Waals surface area (Å²) in [6.07, 6.45) is 0.924. The largest absolute Gasteiger partial charge is 0.458 e. The summed E-state index contributed by atoms with van der Waals surface area (Å²) in [4.78, 5) is 0. The highest BCUT2D eigenvalue weighted by molar-refractivity contribution is 9.10. The highest BCUT2D eigenvalue weighted by atomic mass is 79.9. The summed E-state index contributed by atoms with van der Waals surface area (Å²) in [5, 5.41) is 5.22. The standard InChI is InChI=1S/C15H19BrClNO/c1-5-9-12(8-18-15(2,3)4)19-14-11(17)7-6-10(16)13(9)14/h6-7,18H,5,8H2,1-4H3. The van der Waals surface area contributed by atoms with E-state index in [2.05, 4.69) is 48.9 Å². The smallest absolute Gasteiger partial charge is 0.154 e. The molecular weight excluding hydrogens is 326 g/mol. The number of rotatable bonds is 3. The fourth-order valence-corrected chi connectivity index (χ4v) is 2.85. The maximum absolute atomic E-state index is 6.23. The van der Waals surface area contributed by atoms with Crippen LogP contribution in [0.4, 0.5) is 0 Å². The van der Waals surface area contributed by atoms with E-state index in [-0.39, 0.29) is 5.54 Å². The third-order valence-corrected chi connectivity index (χ3v) is 4.01. The highest BCUT2D eigenvalue weighted by Gasteiger charge is 2.19. The van der Waals surface area contributed by atoms with E-state index in [1.807, 2.05) is 12.1 Å². The zero-order chi connectivity index (χ0) is 14.2. The number of furan rings is 1. The lowest BCUT2D eigenvalue weighted by Crippen LogP contribution is -2.35. The number of benzene rings is 1. The quantitative estimate of drug-likeness (QED) is 0.817. The molecule has 0 aliphatic heterocycles. The second-order valence-electron chi connectivity index (χ2n) is 5.69. The fourth-order valence-electron chi connectivity index (χ4n) is 2.10. The number of hydrogen-bond donors (Lipinski definition) is 1. The summed E-state index contributed by atoms with van der Waals surface area (Å²) < 4.78 is 7.01. The van der Waals surface area contributed by atoms with Crippen molar-refractivity contribution >= 4 is 38.5 Å². The van der Waals surface area contributed by atoms with Gasteiger partial charge in [-0.15, -0.1) is 0 Å². The molecule has 0 radical (unpaired) electrons. The Bertz CT molecular complexity index is 598. The van der Waals surface area contributed by atoms with E-state index in [0.717, 1.165) is 27.6 Å². The third-order valence-electron chi connectivity index (χ3n) is 3.06. The Hall–Kier alpha value is -0.510. The van der Waals surface area contributed by atoms with Crippen molar-refractivity contribution in [1.82, 2.24) is 5.32 Å². The lowest BCUT2D eigenvalue weighted by molar-refractivity contribution is 0.393. The third kappa shape index (κ3) is 3.15. The van der Waals surface area contributed by atoms with Crippen LogP contribution >= 0.6 is 27.5 Å². The van der Waals surface area contributed by atoms with Gasteiger partial charge in [0.25, 0.3) is 0 Å². The van der Waals surface area contributed by atoms with Gasteiger partial charge in [0, 0.05) is 21.0 Å². The van der Waals surface area contributed by atoms with Crippen LogP contribution in [0.3, 0.4) is 0 Å². The molecule has 104 valence electrons. The van der Waals surface area contributed by atoms with E-state index in [1.54, 1.807) is 0 Å². The second kappa shape index (κ2) is 5.47. The molecule has 0 saturated carbocycles. The van der Waals surface area contributed by atoms with Crippen molar-refractivity contribution in [3.05, 3.63) is 33.0 Å². The zero-order valence-corrected chi connectivity index (χ0v) is 14.1. The van der Waals surface area contributed by atoms with Gasteiger partial charge in [0.15, 0.2) is 5.58 Å². The molecule has 2 rings (SSSR count). The molecule has 2 nitrogen and oxygen atoms in total. The molecular formula is C15H19BrClNO. The molecule has 1 aromatic carbocycles. The van der Waals surface area contributed by atoms with Crippen LogP contribution in [0.1, 0.15) is 39.0 Å². The van der Waals surface area contributed by atoms with E-state index in [4.69, 9.17) is 16.0 Å². The van der Waals surface area contributed by atoms with Crippen LogP contribution < -0.4 is 5.32 Å². The van der Waals surface area contributed by atoms with Crippen molar-refractivity contribution in [2.75, 3.05) is 0 Å². The molecule has 2 aromatic rings. The predicted octanol–water partition coefficient (Wildman–Crippen LogP) is 5.30. The van der Waals surface area contributed by atoms with Gasteiger partial charge in [0.05, 0.1) is 11.6 Å². The zero-order valence-electron chi connectivity index (χ0n) is 11.7. The summed E-state index contributed by atoms with van der Waals surface area (Å²) in [6, 6.07) is 3.83. The van der Waals surface area contributed by atoms with Gasteiger partial charge < -0.3 is 9.73 Å². The molecule has 4 heteroatoms. The molecule has 1 N–H and O–H groups in total. The molecule has 0 fully saturated rings. The summed E-state index contributed by atoms with van der Waals surface area (Å²) in [6.45, 7) is 9.28. The number of fused-ring (bicyclic) bond motifs is 1. The molecule has 0 aliphatic carbocycles. The normalized spacial score (nSPS) is 12.3. The molecule has 1 aromatic heterocycles. The Kier molecular flexibility index (Phi) is 4.29. The van der Waals surface area contributed by atoms with Crippen molar-refractivity contribution in [3.63, 3.8) is 0 Å². The predicted molar refractivity (Wildman–Crippen MR) is 84.9 cm³/mol. The Morgan fingerprint density at radius 2 is 2.00 bits per heavy atom. The highest BCUT2D eigenvalue weighted by Crippen LogP contribution is 2.36. The summed E-state index contributed by atoms with van der Waals surface area (Å²) in [7, 11) is 0. The van der Waals surface area contributed by atoms with E-state index in [0.29, 0.717) is 11.6 Å². The molecule has 0 saturated heterocycles. The monoisotopic (exact) mass is 343 g/mol. The van der Waals surface area contributed by atoms with Crippen LogP contribution in [-0.2, 0) is 13.0 Å². The minimum atomic E-state index is 0.0605. The Morgan fingerprint density at radius 1 is 1.32 bits per heavy atom. The first-order valence-electron chi connectivity index (χ1n) is 6.46. The maximum Gasteiger partial charge on any atom is 0.154 e. The molecule has 0 spiro atoms. The van der Waals surface area contributed by atoms with Gasteiger partial charge in [-0.2, -0.15) is 0 Å². The van der Waals surface area contributed by atoms with Crippen LogP contribution in [0, 0.1) is 0 Å². The van der Waals surface area contributed by atoms with Gasteiger partial charge in [0.2, 0.25) is 0 Å². The molecule has 0 atom stereocenters. The van der Waals surface area contributed by atoms with E-state index < -0.39 is 0 Å². The van der Waals surface area contributed by atoms with Gasteiger partial charge in [0.1, 0.15) is 5.76 Å². The van der Waals surface area contributed by atoms with E-state index in [1.165, 1.54) is 5.56 Å². The van der Waals surface area contributed by atoms with E-state index >= 15 is 0 Å². The first kappa shape index (κ1) is 14.9. The first-order valence-corrected chi connectivity index (χ1v) is 7.64. The Labute approximate surface area is 127 Å². The van der Waals surface area contributed by atoms with Crippen LogP contribution in [0.25, 0.3) is 11.0 Å². The SMILES string of the molecule is CCc1c(CNC(C)(C)C)oc2c(Cl)ccc(Br)c12. The molecule has 0 aliphatic rings. The van der Waals surface area contributed by atoms with Gasteiger partial charge in [-0.25, -0.2) is 0 Å². The van der Waals surface area contributed by atoms with E-state index in [9.17, 15) is 0 Å².